The van der Waals surface area contributed by atoms with E-state index in [2.05, 4.69) is 4.98 Å². The van der Waals surface area contributed by atoms with Gasteiger partial charge in [0.25, 0.3) is 0 Å². The SMILES string of the molecule is CCCc1oc(-c2ccc(F)c(Cl)c2)nc1C=O. The molecule has 0 N–H and O–H groups in total. The number of carbonyl (C=O) groups is 1. The molecule has 0 aliphatic heterocycles. The van der Waals surface area contributed by atoms with Gasteiger partial charge in [-0.2, -0.15) is 0 Å². The average Bonchev–Trinajstić information content (AvgIpc) is 2.76. The number of rotatable bonds is 4. The molecule has 3 nitrogen and oxygen atoms in total. The minimum Gasteiger partial charge on any atom is -0.440 e. The molecule has 0 bridgehead atoms. The minimum atomic E-state index is -0.503. The van der Waals surface area contributed by atoms with Gasteiger partial charge >= 0.3 is 0 Å². The number of oxazole rings is 1. The second-order valence-corrected chi connectivity index (χ2v) is 4.23. The van der Waals surface area contributed by atoms with Crippen LogP contribution in [0.1, 0.15) is 29.6 Å². The third kappa shape index (κ3) is 2.43. The molecular weight excluding hydrogens is 257 g/mol. The first-order chi connectivity index (χ1) is 8.65. The summed E-state index contributed by atoms with van der Waals surface area (Å²) >= 11 is 5.69. The molecule has 0 unspecified atom stereocenters. The van der Waals surface area contributed by atoms with Crippen LogP contribution in [0.5, 0.6) is 0 Å². The van der Waals surface area contributed by atoms with Crippen molar-refractivity contribution in [3.8, 4) is 11.5 Å². The standard InChI is InChI=1S/C13H11ClFNO2/c1-2-3-12-11(7-17)16-13(18-12)8-4-5-10(15)9(14)6-8/h4-7H,2-3H2,1H3. The molecule has 94 valence electrons. The van der Waals surface area contributed by atoms with E-state index in [9.17, 15) is 9.18 Å². The van der Waals surface area contributed by atoms with Crippen LogP contribution in [0, 0.1) is 5.82 Å². The Morgan fingerprint density at radius 2 is 2.28 bits per heavy atom. The number of nitrogens with zero attached hydrogens (tertiary/aromatic N) is 1. The van der Waals surface area contributed by atoms with E-state index in [4.69, 9.17) is 16.0 Å². The third-order valence-corrected chi connectivity index (χ3v) is 2.77. The van der Waals surface area contributed by atoms with Crippen LogP contribution >= 0.6 is 11.6 Å². The molecular formula is C13H11ClFNO2. The first-order valence-electron chi connectivity index (χ1n) is 5.56. The molecule has 1 heterocycles. The Balaban J connectivity index is 2.43. The summed E-state index contributed by atoms with van der Waals surface area (Å²) in [4.78, 5) is 14.9. The van der Waals surface area contributed by atoms with E-state index < -0.39 is 5.82 Å². The van der Waals surface area contributed by atoms with Gasteiger partial charge < -0.3 is 4.42 Å². The highest BCUT2D eigenvalue weighted by Crippen LogP contribution is 2.26. The Bertz CT molecular complexity index is 580. The maximum atomic E-state index is 13.0. The molecule has 0 radical (unpaired) electrons. The molecule has 0 atom stereocenters. The molecule has 0 spiro atoms. The molecule has 18 heavy (non-hydrogen) atoms. The Morgan fingerprint density at radius 3 is 2.89 bits per heavy atom. The van der Waals surface area contributed by atoms with Gasteiger partial charge in [0.1, 0.15) is 17.3 Å². The van der Waals surface area contributed by atoms with Gasteiger partial charge in [-0.25, -0.2) is 9.37 Å². The summed E-state index contributed by atoms with van der Waals surface area (Å²) in [5.41, 5.74) is 0.833. The third-order valence-electron chi connectivity index (χ3n) is 2.48. The molecule has 0 aliphatic rings. The van der Waals surface area contributed by atoms with Crippen LogP contribution in [0.4, 0.5) is 4.39 Å². The summed E-state index contributed by atoms with van der Waals surface area (Å²) in [6, 6.07) is 4.17. The summed E-state index contributed by atoms with van der Waals surface area (Å²) in [5, 5.41) is -0.00426. The molecule has 0 fully saturated rings. The number of aromatic nitrogens is 1. The number of hydrogen-bond donors (Lipinski definition) is 0. The molecule has 5 heteroatoms. The highest BCUT2D eigenvalue weighted by molar-refractivity contribution is 6.31. The van der Waals surface area contributed by atoms with E-state index in [0.29, 0.717) is 24.0 Å². The van der Waals surface area contributed by atoms with E-state index in [-0.39, 0.29) is 16.6 Å². The van der Waals surface area contributed by atoms with Crippen molar-refractivity contribution in [1.29, 1.82) is 0 Å². The van der Waals surface area contributed by atoms with Crippen molar-refractivity contribution in [2.24, 2.45) is 0 Å². The van der Waals surface area contributed by atoms with Gasteiger partial charge in [-0.3, -0.25) is 4.79 Å². The number of aldehydes is 1. The van der Waals surface area contributed by atoms with Crippen LogP contribution in [-0.2, 0) is 6.42 Å². The number of carbonyl (C=O) groups excluding carboxylic acids is 1. The van der Waals surface area contributed by atoms with Gasteiger partial charge in [0.2, 0.25) is 5.89 Å². The zero-order valence-corrected chi connectivity index (χ0v) is 10.5. The number of benzene rings is 1. The van der Waals surface area contributed by atoms with E-state index in [0.717, 1.165) is 6.42 Å². The quantitative estimate of drug-likeness (QED) is 0.789. The van der Waals surface area contributed by atoms with Crippen molar-refractivity contribution in [1.82, 2.24) is 4.98 Å². The zero-order valence-electron chi connectivity index (χ0n) is 9.74. The van der Waals surface area contributed by atoms with Crippen LogP contribution in [0.25, 0.3) is 11.5 Å². The Labute approximate surface area is 109 Å². The van der Waals surface area contributed by atoms with Crippen LogP contribution in [-0.4, -0.2) is 11.3 Å². The minimum absolute atomic E-state index is 0.00426. The molecule has 0 aliphatic carbocycles. The highest BCUT2D eigenvalue weighted by atomic mass is 35.5. The smallest absolute Gasteiger partial charge is 0.227 e. The monoisotopic (exact) mass is 267 g/mol. The number of aryl methyl sites for hydroxylation is 1. The lowest BCUT2D eigenvalue weighted by Gasteiger charge is -1.97. The summed E-state index contributed by atoms with van der Waals surface area (Å²) in [6.07, 6.45) is 2.14. The Kier molecular flexibility index (Phi) is 3.77. The van der Waals surface area contributed by atoms with Crippen LogP contribution in [0.3, 0.4) is 0 Å². The van der Waals surface area contributed by atoms with Crippen molar-refractivity contribution in [3.05, 3.63) is 40.5 Å². The molecule has 0 saturated heterocycles. The van der Waals surface area contributed by atoms with Gasteiger partial charge in [0.05, 0.1) is 5.02 Å². The highest BCUT2D eigenvalue weighted by Gasteiger charge is 2.14. The molecule has 2 aromatic rings. The second-order valence-electron chi connectivity index (χ2n) is 3.82. The van der Waals surface area contributed by atoms with E-state index in [1.54, 1.807) is 0 Å². The lowest BCUT2D eigenvalue weighted by atomic mass is 10.2. The van der Waals surface area contributed by atoms with Crippen molar-refractivity contribution in [2.75, 3.05) is 0 Å². The molecule has 1 aromatic carbocycles. The summed E-state index contributed by atoms with van der Waals surface area (Å²) < 4.78 is 18.6. The van der Waals surface area contributed by atoms with Gasteiger partial charge in [-0.1, -0.05) is 18.5 Å². The van der Waals surface area contributed by atoms with Gasteiger partial charge in [0, 0.05) is 12.0 Å². The molecule has 1 aromatic heterocycles. The van der Waals surface area contributed by atoms with Crippen LogP contribution < -0.4 is 0 Å². The fourth-order valence-corrected chi connectivity index (χ4v) is 1.79. The van der Waals surface area contributed by atoms with Gasteiger partial charge in [0.15, 0.2) is 6.29 Å². The zero-order chi connectivity index (χ0) is 13.1. The number of halogens is 2. The van der Waals surface area contributed by atoms with Crippen LogP contribution in [0.2, 0.25) is 5.02 Å². The predicted molar refractivity (Wildman–Crippen MR) is 66.3 cm³/mol. The summed E-state index contributed by atoms with van der Waals surface area (Å²) in [7, 11) is 0. The topological polar surface area (TPSA) is 43.1 Å². The summed E-state index contributed by atoms with van der Waals surface area (Å²) in [5.74, 6) is 0.321. The van der Waals surface area contributed by atoms with E-state index in [1.165, 1.54) is 18.2 Å². The fourth-order valence-electron chi connectivity index (χ4n) is 1.61. The first-order valence-corrected chi connectivity index (χ1v) is 5.93. The van der Waals surface area contributed by atoms with Crippen molar-refractivity contribution in [2.45, 2.75) is 19.8 Å². The Morgan fingerprint density at radius 1 is 1.50 bits per heavy atom. The predicted octanol–water partition coefficient (Wildman–Crippen LogP) is 3.90. The lowest BCUT2D eigenvalue weighted by molar-refractivity contribution is 0.111. The van der Waals surface area contributed by atoms with Gasteiger partial charge in [-0.05, 0) is 24.6 Å². The van der Waals surface area contributed by atoms with E-state index >= 15 is 0 Å². The second kappa shape index (κ2) is 5.31. The van der Waals surface area contributed by atoms with Crippen LogP contribution in [0.15, 0.2) is 22.6 Å². The lowest BCUT2D eigenvalue weighted by Crippen LogP contribution is -1.87. The van der Waals surface area contributed by atoms with E-state index in [1.807, 2.05) is 6.92 Å². The maximum absolute atomic E-state index is 13.0. The molecule has 0 amide bonds. The normalized spacial score (nSPS) is 10.6. The number of hydrogen-bond acceptors (Lipinski definition) is 3. The average molecular weight is 268 g/mol. The van der Waals surface area contributed by atoms with Crippen molar-refractivity contribution in [3.63, 3.8) is 0 Å². The maximum Gasteiger partial charge on any atom is 0.227 e. The molecule has 0 saturated carbocycles. The first kappa shape index (κ1) is 12.8. The Hall–Kier alpha value is -1.68. The van der Waals surface area contributed by atoms with Crippen molar-refractivity contribution >= 4 is 17.9 Å². The summed E-state index contributed by atoms with van der Waals surface area (Å²) in [6.45, 7) is 1.98. The van der Waals surface area contributed by atoms with Gasteiger partial charge in [-0.15, -0.1) is 0 Å². The van der Waals surface area contributed by atoms with Crippen molar-refractivity contribution < 1.29 is 13.6 Å². The molecule has 2 rings (SSSR count). The fraction of sp³-hybridized carbons (Fsp3) is 0.231. The largest absolute Gasteiger partial charge is 0.440 e.